The van der Waals surface area contributed by atoms with Crippen LogP contribution in [0.1, 0.15) is 50.3 Å². The Hall–Kier alpha value is -1.26. The van der Waals surface area contributed by atoms with E-state index in [0.717, 1.165) is 6.07 Å². The summed E-state index contributed by atoms with van der Waals surface area (Å²) in [7, 11) is 0. The summed E-state index contributed by atoms with van der Waals surface area (Å²) in [5, 5.41) is 3.75. The molecule has 84 valence electrons. The number of Topliss-reactive ketones (excluding diaryl/α,β-unsaturated/α-hetero) is 1. The van der Waals surface area contributed by atoms with Crippen LogP contribution in [0.4, 0.5) is 8.78 Å². The zero-order valence-corrected chi connectivity index (χ0v) is 9.21. The topological polar surface area (TPSA) is 34.9 Å². The minimum absolute atomic E-state index is 0.220. The Balaban J connectivity index is 3.30. The molecule has 0 fully saturated rings. The predicted octanol–water partition coefficient (Wildman–Crippen LogP) is 2.78. The number of aromatic nitrogens is 2. The van der Waals surface area contributed by atoms with Crippen LogP contribution in [0.25, 0.3) is 0 Å². The first-order valence-corrected chi connectivity index (χ1v) is 4.63. The second-order valence-corrected chi connectivity index (χ2v) is 4.39. The van der Waals surface area contributed by atoms with Crippen LogP contribution in [0.2, 0.25) is 0 Å². The minimum atomic E-state index is -2.65. The average Bonchev–Trinajstić information content (AvgIpc) is 2.45. The molecule has 0 amide bonds. The van der Waals surface area contributed by atoms with Gasteiger partial charge in [-0.2, -0.15) is 5.10 Å². The molecule has 3 nitrogen and oxygen atoms in total. The van der Waals surface area contributed by atoms with Crippen molar-refractivity contribution >= 4 is 5.78 Å². The first-order chi connectivity index (χ1) is 6.73. The summed E-state index contributed by atoms with van der Waals surface area (Å²) in [6.45, 7) is 6.76. The van der Waals surface area contributed by atoms with E-state index in [0.29, 0.717) is 0 Å². The van der Waals surface area contributed by atoms with Crippen molar-refractivity contribution in [2.24, 2.45) is 0 Å². The smallest absolute Gasteiger partial charge is 0.282 e. The lowest BCUT2D eigenvalue weighted by Crippen LogP contribution is -2.26. The highest BCUT2D eigenvalue weighted by Gasteiger charge is 2.24. The van der Waals surface area contributed by atoms with Crippen LogP contribution in [0.15, 0.2) is 6.07 Å². The molecule has 0 aliphatic carbocycles. The maximum absolute atomic E-state index is 12.4. The molecule has 0 N–H and O–H groups in total. The van der Waals surface area contributed by atoms with E-state index in [1.165, 1.54) is 11.6 Å². The molecule has 1 heterocycles. The Bertz CT molecular complexity index is 377. The van der Waals surface area contributed by atoms with Crippen molar-refractivity contribution in [3.63, 3.8) is 0 Å². The molecular formula is C10H14F2N2O. The number of halogens is 2. The van der Waals surface area contributed by atoms with Gasteiger partial charge in [-0.25, -0.2) is 8.78 Å². The number of alkyl halides is 2. The van der Waals surface area contributed by atoms with E-state index in [2.05, 4.69) is 5.10 Å². The first-order valence-electron chi connectivity index (χ1n) is 4.63. The van der Waals surface area contributed by atoms with Gasteiger partial charge in [0.1, 0.15) is 11.4 Å². The second-order valence-electron chi connectivity index (χ2n) is 4.39. The van der Waals surface area contributed by atoms with Crippen LogP contribution < -0.4 is 0 Å². The molecule has 0 atom stereocenters. The molecular weight excluding hydrogens is 202 g/mol. The van der Waals surface area contributed by atoms with Crippen LogP contribution in [0.5, 0.6) is 0 Å². The third kappa shape index (κ3) is 2.40. The van der Waals surface area contributed by atoms with Gasteiger partial charge >= 0.3 is 0 Å². The second kappa shape index (κ2) is 3.72. The maximum atomic E-state index is 12.4. The van der Waals surface area contributed by atoms with Crippen molar-refractivity contribution in [1.29, 1.82) is 0 Å². The summed E-state index contributed by atoms with van der Waals surface area (Å²) < 4.78 is 26.2. The minimum Gasteiger partial charge on any atom is -0.293 e. The molecule has 1 rings (SSSR count). The third-order valence-electron chi connectivity index (χ3n) is 1.95. The molecule has 1 aromatic heterocycles. The monoisotopic (exact) mass is 216 g/mol. The standard InChI is InChI=1S/C10H14F2N2O/c1-6(15)8-5-7(9(11)12)13-14(8)10(2,3)4/h5,9H,1-4H3. The first kappa shape index (κ1) is 11.8. The maximum Gasteiger partial charge on any atom is 0.282 e. The van der Waals surface area contributed by atoms with Crippen molar-refractivity contribution < 1.29 is 13.6 Å². The van der Waals surface area contributed by atoms with E-state index >= 15 is 0 Å². The number of carbonyl (C=O) groups excluding carboxylic acids is 1. The Kier molecular flexibility index (Phi) is 2.93. The number of rotatable bonds is 2. The molecule has 0 aliphatic heterocycles. The molecule has 0 unspecified atom stereocenters. The van der Waals surface area contributed by atoms with Crippen molar-refractivity contribution in [3.8, 4) is 0 Å². The summed E-state index contributed by atoms with van der Waals surface area (Å²) in [6.07, 6.45) is -2.65. The third-order valence-corrected chi connectivity index (χ3v) is 1.95. The van der Waals surface area contributed by atoms with Gasteiger partial charge in [-0.05, 0) is 26.8 Å². The van der Waals surface area contributed by atoms with Crippen molar-refractivity contribution in [1.82, 2.24) is 9.78 Å². The Morgan fingerprint density at radius 1 is 1.47 bits per heavy atom. The van der Waals surface area contributed by atoms with Gasteiger partial charge in [-0.3, -0.25) is 9.48 Å². The van der Waals surface area contributed by atoms with Gasteiger partial charge in [-0.15, -0.1) is 0 Å². The molecule has 0 saturated carbocycles. The molecule has 5 heteroatoms. The van der Waals surface area contributed by atoms with E-state index in [1.54, 1.807) is 0 Å². The SMILES string of the molecule is CC(=O)c1cc(C(F)F)nn1C(C)(C)C. The molecule has 0 saturated heterocycles. The fourth-order valence-electron chi connectivity index (χ4n) is 1.27. The highest BCUT2D eigenvalue weighted by Crippen LogP contribution is 2.23. The highest BCUT2D eigenvalue weighted by atomic mass is 19.3. The van der Waals surface area contributed by atoms with Crippen LogP contribution >= 0.6 is 0 Å². The van der Waals surface area contributed by atoms with E-state index < -0.39 is 12.0 Å². The summed E-state index contributed by atoms with van der Waals surface area (Å²) in [5.41, 5.74) is -0.610. The van der Waals surface area contributed by atoms with Gasteiger partial charge in [0.05, 0.1) is 5.54 Å². The Morgan fingerprint density at radius 2 is 2.00 bits per heavy atom. The van der Waals surface area contributed by atoms with E-state index in [1.807, 2.05) is 20.8 Å². The largest absolute Gasteiger partial charge is 0.293 e. The number of ketones is 1. The summed E-state index contributed by atoms with van der Waals surface area (Å²) in [5.74, 6) is -0.260. The average molecular weight is 216 g/mol. The normalized spacial score (nSPS) is 12.2. The van der Waals surface area contributed by atoms with Crippen LogP contribution in [0.3, 0.4) is 0 Å². The van der Waals surface area contributed by atoms with Gasteiger partial charge in [-0.1, -0.05) is 0 Å². The highest BCUT2D eigenvalue weighted by molar-refractivity contribution is 5.92. The number of carbonyl (C=O) groups is 1. The fourth-order valence-corrected chi connectivity index (χ4v) is 1.27. The van der Waals surface area contributed by atoms with Crippen molar-refractivity contribution in [2.45, 2.75) is 39.7 Å². The van der Waals surface area contributed by atoms with Crippen molar-refractivity contribution in [2.75, 3.05) is 0 Å². The lowest BCUT2D eigenvalue weighted by Gasteiger charge is -2.21. The predicted molar refractivity (Wildman–Crippen MR) is 52.2 cm³/mol. The molecule has 0 bridgehead atoms. The lowest BCUT2D eigenvalue weighted by molar-refractivity contribution is 0.0995. The Morgan fingerprint density at radius 3 is 2.27 bits per heavy atom. The Labute approximate surface area is 87.1 Å². The fraction of sp³-hybridized carbons (Fsp3) is 0.600. The molecule has 0 aromatic carbocycles. The lowest BCUT2D eigenvalue weighted by atomic mass is 10.1. The summed E-state index contributed by atoms with van der Waals surface area (Å²) in [6, 6.07) is 1.15. The summed E-state index contributed by atoms with van der Waals surface area (Å²) in [4.78, 5) is 11.2. The molecule has 0 aliphatic rings. The van der Waals surface area contributed by atoms with Gasteiger partial charge in [0.2, 0.25) is 0 Å². The number of hydrogen-bond donors (Lipinski definition) is 0. The van der Waals surface area contributed by atoms with Crippen LogP contribution in [-0.4, -0.2) is 15.6 Å². The van der Waals surface area contributed by atoms with Crippen LogP contribution in [0, 0.1) is 0 Å². The van der Waals surface area contributed by atoms with E-state index in [9.17, 15) is 13.6 Å². The van der Waals surface area contributed by atoms with E-state index in [-0.39, 0.29) is 17.2 Å². The van der Waals surface area contributed by atoms with Gasteiger partial charge in [0, 0.05) is 6.92 Å². The van der Waals surface area contributed by atoms with Gasteiger partial charge in [0.25, 0.3) is 6.43 Å². The quantitative estimate of drug-likeness (QED) is 0.712. The summed E-state index contributed by atoms with van der Waals surface area (Å²) >= 11 is 0. The van der Waals surface area contributed by atoms with E-state index in [4.69, 9.17) is 0 Å². The zero-order chi connectivity index (χ0) is 11.8. The molecule has 0 radical (unpaired) electrons. The molecule has 15 heavy (non-hydrogen) atoms. The van der Waals surface area contributed by atoms with Crippen LogP contribution in [-0.2, 0) is 5.54 Å². The number of hydrogen-bond acceptors (Lipinski definition) is 2. The zero-order valence-electron chi connectivity index (χ0n) is 9.21. The molecule has 1 aromatic rings. The van der Waals surface area contributed by atoms with Gasteiger partial charge in [0.15, 0.2) is 5.78 Å². The molecule has 0 spiro atoms. The van der Waals surface area contributed by atoms with Gasteiger partial charge < -0.3 is 0 Å². The number of nitrogens with zero attached hydrogens (tertiary/aromatic N) is 2. The van der Waals surface area contributed by atoms with Crippen molar-refractivity contribution in [3.05, 3.63) is 17.5 Å².